The molecular formula is C58H95FN6O16. The number of carboxylic acids is 1. The lowest BCUT2D eigenvalue weighted by atomic mass is 9.77. The van der Waals surface area contributed by atoms with Crippen LogP contribution < -0.4 is 21.4 Å². The Morgan fingerprint density at radius 2 is 1.60 bits per heavy atom. The van der Waals surface area contributed by atoms with Gasteiger partial charge in [0.05, 0.1) is 53.7 Å². The third kappa shape index (κ3) is 15.9. The first kappa shape index (κ1) is 66.2. The van der Waals surface area contributed by atoms with Crippen LogP contribution in [0.5, 0.6) is 0 Å². The van der Waals surface area contributed by atoms with E-state index in [0.29, 0.717) is 51.1 Å². The number of halogens is 1. The van der Waals surface area contributed by atoms with E-state index in [4.69, 9.17) is 33.2 Å². The molecule has 460 valence electrons. The van der Waals surface area contributed by atoms with Crippen LogP contribution >= 0.6 is 0 Å². The molecule has 0 radical (unpaired) electrons. The van der Waals surface area contributed by atoms with Crippen LogP contribution in [0.25, 0.3) is 10.9 Å². The molecule has 1 aliphatic carbocycles. The summed E-state index contributed by atoms with van der Waals surface area (Å²) in [4.78, 5) is 56.4. The summed E-state index contributed by atoms with van der Waals surface area (Å²) in [5.41, 5.74) is -5.11. The number of hydrogen-bond acceptors (Lipinski definition) is 20. The van der Waals surface area contributed by atoms with Gasteiger partial charge >= 0.3 is 17.9 Å². The molecule has 23 heteroatoms. The minimum absolute atomic E-state index is 0.0243. The second-order valence-electron chi connectivity index (χ2n) is 24.5. The maximum atomic E-state index is 15.1. The Labute approximate surface area is 476 Å². The minimum Gasteiger partial charge on any atom is -0.477 e. The molecule has 8 N–H and O–H groups in total. The van der Waals surface area contributed by atoms with E-state index in [1.165, 1.54) is 20.2 Å². The number of benzene rings is 1. The summed E-state index contributed by atoms with van der Waals surface area (Å²) in [6, 6.07) is 1.78. The fourth-order valence-corrected chi connectivity index (χ4v) is 12.4. The topological polar surface area (TPSA) is 282 Å². The molecule has 6 rings (SSSR count). The molecule has 1 aromatic carbocycles. The van der Waals surface area contributed by atoms with Gasteiger partial charge in [-0.15, -0.1) is 0 Å². The largest absolute Gasteiger partial charge is 0.477 e. The molecule has 0 amide bonds. The number of cyclic esters (lactones) is 1. The number of ether oxygens (including phenoxy) is 7. The third-order valence-electron chi connectivity index (χ3n) is 17.3. The van der Waals surface area contributed by atoms with Crippen molar-refractivity contribution in [2.24, 2.45) is 17.8 Å². The van der Waals surface area contributed by atoms with Crippen molar-refractivity contribution in [3.05, 3.63) is 39.9 Å². The Balaban J connectivity index is 1.10. The van der Waals surface area contributed by atoms with Crippen molar-refractivity contribution in [2.75, 3.05) is 72.8 Å². The summed E-state index contributed by atoms with van der Waals surface area (Å²) in [6.45, 7) is 19.6. The molecule has 0 spiro atoms. The van der Waals surface area contributed by atoms with Gasteiger partial charge in [0.15, 0.2) is 18.7 Å². The van der Waals surface area contributed by atoms with E-state index >= 15 is 4.39 Å². The van der Waals surface area contributed by atoms with Crippen LogP contribution in [0.1, 0.15) is 131 Å². The number of carbonyl (C=O) groups is 3. The van der Waals surface area contributed by atoms with Crippen LogP contribution in [0.3, 0.4) is 0 Å². The molecule has 22 nitrogen and oxygen atoms in total. The molecule has 18 atom stereocenters. The molecule has 1 aromatic heterocycles. The Hall–Kier alpha value is -3.95. The number of rotatable bonds is 20. The highest BCUT2D eigenvalue weighted by Crippen LogP contribution is 2.42. The van der Waals surface area contributed by atoms with E-state index in [0.717, 1.165) is 18.9 Å². The van der Waals surface area contributed by atoms with Gasteiger partial charge in [-0.25, -0.2) is 9.18 Å². The number of esters is 2. The molecule has 4 aliphatic rings. The average molecular weight is 1150 g/mol. The van der Waals surface area contributed by atoms with Gasteiger partial charge in [0, 0.05) is 68.8 Å². The fourth-order valence-electron chi connectivity index (χ4n) is 12.4. The number of likely N-dealkylation sites (N-methyl/N-ethyl adjacent to an activating group) is 2. The number of aromatic carboxylic acids is 1. The van der Waals surface area contributed by atoms with Crippen LogP contribution in [0.4, 0.5) is 10.1 Å². The van der Waals surface area contributed by atoms with Gasteiger partial charge in [0.25, 0.3) is 0 Å². The number of aromatic nitrogens is 1. The molecular weight excluding hydrogens is 1060 g/mol. The van der Waals surface area contributed by atoms with Crippen molar-refractivity contribution in [1.82, 2.24) is 25.0 Å². The average Bonchev–Trinajstić information content (AvgIpc) is 4.28. The van der Waals surface area contributed by atoms with Gasteiger partial charge in [-0.2, -0.15) is 0 Å². The van der Waals surface area contributed by atoms with E-state index < -0.39 is 119 Å². The van der Waals surface area contributed by atoms with E-state index in [1.807, 2.05) is 44.8 Å². The number of carboxylic acid groups (broad SMARTS) is 1. The van der Waals surface area contributed by atoms with Crippen LogP contribution in [0.2, 0.25) is 0 Å². The zero-order chi connectivity index (χ0) is 60.1. The maximum absolute atomic E-state index is 15.1. The van der Waals surface area contributed by atoms with Gasteiger partial charge in [0.2, 0.25) is 5.43 Å². The predicted molar refractivity (Wildman–Crippen MR) is 300 cm³/mol. The predicted octanol–water partition coefficient (Wildman–Crippen LogP) is 3.62. The summed E-state index contributed by atoms with van der Waals surface area (Å²) < 4.78 is 61.7. The summed E-state index contributed by atoms with van der Waals surface area (Å²) in [7, 11) is 7.05. The van der Waals surface area contributed by atoms with Crippen molar-refractivity contribution < 1.29 is 77.5 Å². The molecule has 2 aromatic rings. The number of hydrogen-bond donors (Lipinski definition) is 8. The number of methoxy groups -OCH3 is 1. The second-order valence-corrected chi connectivity index (χ2v) is 24.5. The summed E-state index contributed by atoms with van der Waals surface area (Å²) in [5, 5.41) is 67.2. The zero-order valence-electron chi connectivity index (χ0n) is 50.1. The Bertz CT molecular complexity index is 2500. The molecule has 3 saturated heterocycles. The third-order valence-corrected chi connectivity index (χ3v) is 17.3. The standard InChI is InChI=1S/C58H95FN6O16/c1-15-44-58(10,74)50(69)35(6)64(13)29-31(2)26-56(8,73)51(81-55-48(68)43(63(11)12)23-32(3)76-55)33(4)49(34(5)54(72)78-44)80-46-27-57(9,75-14)52(36(7)77-46)79-45(66)28-61-20-16-19-60-21-22-62-41-25-42-38(24-40(41)59)47(67)39(53(70)71)30-65(42)37-17-18-37/h24-25,30-37,43-44,46,48-52,55,60-62,68-69,73-74H,15-23,26-29H2,1-14H3,(H,70,71)/t31-,32-,33-,34-,35-,36+,43+,44+,46+,48-,49+,50-,51-,52+,55+,56-,57-,58-/m1/s1. The van der Waals surface area contributed by atoms with Crippen molar-refractivity contribution in [3.8, 4) is 0 Å². The highest BCUT2D eigenvalue weighted by molar-refractivity contribution is 5.93. The number of anilines is 1. The maximum Gasteiger partial charge on any atom is 0.341 e. The first-order chi connectivity index (χ1) is 38.0. The van der Waals surface area contributed by atoms with Gasteiger partial charge in [-0.3, -0.25) is 14.4 Å². The van der Waals surface area contributed by atoms with Crippen LogP contribution in [0.15, 0.2) is 23.1 Å². The van der Waals surface area contributed by atoms with Crippen LogP contribution in [-0.4, -0.2) is 216 Å². The number of pyridine rings is 1. The summed E-state index contributed by atoms with van der Waals surface area (Å²) in [6.07, 6.45) is -5.52. The minimum atomic E-state index is -1.87. The Morgan fingerprint density at radius 3 is 2.23 bits per heavy atom. The highest BCUT2D eigenvalue weighted by atomic mass is 19.1. The van der Waals surface area contributed by atoms with Crippen molar-refractivity contribution in [2.45, 2.75) is 211 Å². The van der Waals surface area contributed by atoms with Crippen LogP contribution in [0, 0.1) is 23.6 Å². The molecule has 3 aliphatic heterocycles. The zero-order valence-corrected chi connectivity index (χ0v) is 50.1. The van der Waals surface area contributed by atoms with Crippen molar-refractivity contribution in [1.29, 1.82) is 0 Å². The molecule has 4 heterocycles. The van der Waals surface area contributed by atoms with E-state index in [1.54, 1.807) is 59.1 Å². The molecule has 0 bridgehead atoms. The fraction of sp³-hybridized carbons (Fsp3) is 0.793. The number of nitrogens with one attached hydrogen (secondary N) is 3. The Morgan fingerprint density at radius 1 is 0.926 bits per heavy atom. The lowest BCUT2D eigenvalue weighted by Gasteiger charge is -2.49. The lowest BCUT2D eigenvalue weighted by Crippen LogP contribution is -2.61. The molecule has 4 fully saturated rings. The van der Waals surface area contributed by atoms with E-state index in [2.05, 4.69) is 16.0 Å². The van der Waals surface area contributed by atoms with E-state index in [9.17, 15) is 44.7 Å². The molecule has 81 heavy (non-hydrogen) atoms. The molecule has 0 unspecified atom stereocenters. The SMILES string of the molecule is CC[C@@H]1OC(=O)[C@H](C)[C@@H](O[C@H]2C[C@@](C)(OC)[C@@H](OC(=O)CNCCCNCCNc3cc4c(cc3F)c(=O)c(C(=O)O)cn4C3CC3)[C@H](C)O2)[C@@H](C)[C@@H](O[C@@H]2O[C@H](C)C[C@H](N(C)C)[C@H]2O)[C@](C)(O)C[C@@H](C)CN(C)[C@H](C)[C@@H](O)[C@]1(C)O. The number of aliphatic hydroxyl groups is 4. The second kappa shape index (κ2) is 27.8. The smallest absolute Gasteiger partial charge is 0.341 e. The van der Waals surface area contributed by atoms with Gasteiger partial charge in [-0.1, -0.05) is 20.8 Å². The summed E-state index contributed by atoms with van der Waals surface area (Å²) >= 11 is 0. The lowest BCUT2D eigenvalue weighted by molar-refractivity contribution is -0.318. The normalized spacial score (nSPS) is 36.9. The van der Waals surface area contributed by atoms with E-state index in [-0.39, 0.29) is 66.5 Å². The monoisotopic (exact) mass is 1150 g/mol. The summed E-state index contributed by atoms with van der Waals surface area (Å²) in [5.74, 6) is -5.46. The number of nitrogens with zero attached hydrogens (tertiary/aromatic N) is 3. The van der Waals surface area contributed by atoms with Gasteiger partial charge < -0.3 is 89.0 Å². The Kier molecular flexibility index (Phi) is 22.7. The first-order valence-corrected chi connectivity index (χ1v) is 29.0. The number of aliphatic hydroxyl groups excluding tert-OH is 2. The van der Waals surface area contributed by atoms with Gasteiger partial charge in [0.1, 0.15) is 40.9 Å². The number of carbonyl (C=O) groups excluding carboxylic acids is 2. The molecule has 1 saturated carbocycles. The first-order valence-electron chi connectivity index (χ1n) is 29.0. The number of fused-ring (bicyclic) bond motifs is 1. The van der Waals surface area contributed by atoms with Crippen molar-refractivity contribution in [3.63, 3.8) is 0 Å². The highest BCUT2D eigenvalue weighted by Gasteiger charge is 2.54. The van der Waals surface area contributed by atoms with Crippen molar-refractivity contribution >= 4 is 34.5 Å². The van der Waals surface area contributed by atoms with Gasteiger partial charge in [-0.05, 0) is 139 Å². The van der Waals surface area contributed by atoms with Crippen LogP contribution in [-0.2, 0) is 42.7 Å². The quantitative estimate of drug-likeness (QED) is 0.0694.